The predicted molar refractivity (Wildman–Crippen MR) is 83.7 cm³/mol. The minimum Gasteiger partial charge on any atom is -0.398 e. The zero-order valence-corrected chi connectivity index (χ0v) is 12.6. The van der Waals surface area contributed by atoms with E-state index in [1.807, 2.05) is 25.1 Å². The number of hydrogen-bond acceptors (Lipinski definition) is 2. The number of nitrogens with two attached hydrogens (primary N) is 1. The van der Waals surface area contributed by atoms with Crippen molar-refractivity contribution in [2.24, 2.45) is 5.92 Å². The molecule has 110 valence electrons. The number of amides is 1. The van der Waals surface area contributed by atoms with Crippen molar-refractivity contribution in [3.8, 4) is 0 Å². The quantitative estimate of drug-likeness (QED) is 0.652. The molecule has 1 amide bonds. The van der Waals surface area contributed by atoms with Gasteiger partial charge in [-0.15, -0.1) is 0 Å². The van der Waals surface area contributed by atoms with E-state index in [4.69, 9.17) is 5.73 Å². The van der Waals surface area contributed by atoms with E-state index in [2.05, 4.69) is 12.2 Å². The van der Waals surface area contributed by atoms with Crippen LogP contribution in [0.4, 0.5) is 5.69 Å². The van der Waals surface area contributed by atoms with Crippen LogP contribution in [0.2, 0.25) is 0 Å². The highest BCUT2D eigenvalue weighted by Gasteiger charge is 2.21. The van der Waals surface area contributed by atoms with Gasteiger partial charge >= 0.3 is 0 Å². The lowest BCUT2D eigenvalue weighted by molar-refractivity contribution is 0.0923. The summed E-state index contributed by atoms with van der Waals surface area (Å²) in [5.41, 5.74) is 8.13. The Kier molecular flexibility index (Phi) is 5.05. The van der Waals surface area contributed by atoms with E-state index < -0.39 is 0 Å². The second-order valence-electron chi connectivity index (χ2n) is 6.03. The van der Waals surface area contributed by atoms with Crippen molar-refractivity contribution in [1.82, 2.24) is 5.32 Å². The number of nitrogen functional groups attached to an aromatic ring is 1. The summed E-state index contributed by atoms with van der Waals surface area (Å²) in [7, 11) is 0. The molecule has 0 bridgehead atoms. The zero-order valence-electron chi connectivity index (χ0n) is 12.6. The number of anilines is 1. The van der Waals surface area contributed by atoms with Crippen LogP contribution in [0.15, 0.2) is 18.2 Å². The van der Waals surface area contributed by atoms with Gasteiger partial charge in [0.1, 0.15) is 0 Å². The minimum absolute atomic E-state index is 0.00606. The second kappa shape index (κ2) is 6.78. The number of hydrogen-bond donors (Lipinski definition) is 2. The van der Waals surface area contributed by atoms with Gasteiger partial charge in [-0.1, -0.05) is 31.7 Å². The Bertz CT molecular complexity index is 462. The molecular weight excluding hydrogens is 248 g/mol. The highest BCUT2D eigenvalue weighted by atomic mass is 16.1. The number of carbonyl (C=O) groups is 1. The number of benzene rings is 1. The second-order valence-corrected chi connectivity index (χ2v) is 6.03. The molecule has 0 aliphatic heterocycles. The molecule has 1 atom stereocenters. The summed E-state index contributed by atoms with van der Waals surface area (Å²) < 4.78 is 0. The maximum Gasteiger partial charge on any atom is 0.251 e. The molecule has 1 aromatic rings. The van der Waals surface area contributed by atoms with Gasteiger partial charge < -0.3 is 11.1 Å². The summed E-state index contributed by atoms with van der Waals surface area (Å²) in [6.45, 7) is 4.04. The molecule has 1 aliphatic carbocycles. The minimum atomic E-state index is 0.00606. The smallest absolute Gasteiger partial charge is 0.251 e. The zero-order chi connectivity index (χ0) is 14.5. The van der Waals surface area contributed by atoms with E-state index in [1.54, 1.807) is 0 Å². The van der Waals surface area contributed by atoms with Crippen molar-refractivity contribution in [3.63, 3.8) is 0 Å². The number of carbonyl (C=O) groups excluding carboxylic acids is 1. The van der Waals surface area contributed by atoms with Crippen molar-refractivity contribution in [2.45, 2.75) is 58.4 Å². The van der Waals surface area contributed by atoms with E-state index in [9.17, 15) is 4.79 Å². The monoisotopic (exact) mass is 274 g/mol. The predicted octanol–water partition coefficient (Wildman–Crippen LogP) is 3.67. The molecule has 3 N–H and O–H groups in total. The molecule has 0 heterocycles. The molecule has 0 saturated heterocycles. The Balaban J connectivity index is 2.01. The van der Waals surface area contributed by atoms with Gasteiger partial charge in [0.15, 0.2) is 0 Å². The average molecular weight is 274 g/mol. The number of nitrogens with one attached hydrogen (secondary N) is 1. The summed E-state index contributed by atoms with van der Waals surface area (Å²) >= 11 is 0. The molecule has 1 aliphatic rings. The van der Waals surface area contributed by atoms with E-state index in [0.29, 0.717) is 17.2 Å². The highest BCUT2D eigenvalue weighted by molar-refractivity contribution is 5.97. The van der Waals surface area contributed by atoms with Crippen LogP contribution in [0.25, 0.3) is 0 Å². The first-order chi connectivity index (χ1) is 9.59. The average Bonchev–Trinajstić information content (AvgIpc) is 2.70. The van der Waals surface area contributed by atoms with Crippen LogP contribution in [0.3, 0.4) is 0 Å². The molecular formula is C17H26N2O. The standard InChI is InChI=1S/C17H26N2O/c1-12-15(10-7-11-16(12)18)17(20)19-13(2)14-8-5-3-4-6-9-14/h7,10-11,13-14H,3-6,8-9,18H2,1-2H3,(H,19,20)/t13-/m0/s1. The normalized spacial score (nSPS) is 18.3. The van der Waals surface area contributed by atoms with Gasteiger partial charge in [0.05, 0.1) is 0 Å². The van der Waals surface area contributed by atoms with Crippen LogP contribution in [0.5, 0.6) is 0 Å². The molecule has 0 unspecified atom stereocenters. The van der Waals surface area contributed by atoms with Crippen molar-refractivity contribution in [2.75, 3.05) is 5.73 Å². The van der Waals surface area contributed by atoms with E-state index in [-0.39, 0.29) is 11.9 Å². The summed E-state index contributed by atoms with van der Waals surface area (Å²) in [5, 5.41) is 3.17. The fraction of sp³-hybridized carbons (Fsp3) is 0.588. The fourth-order valence-corrected chi connectivity index (χ4v) is 3.11. The summed E-state index contributed by atoms with van der Waals surface area (Å²) in [4.78, 5) is 12.4. The Morgan fingerprint density at radius 3 is 2.55 bits per heavy atom. The molecule has 20 heavy (non-hydrogen) atoms. The first-order valence-electron chi connectivity index (χ1n) is 7.75. The molecule has 0 spiro atoms. The maximum atomic E-state index is 12.4. The van der Waals surface area contributed by atoms with Crippen LogP contribution in [-0.4, -0.2) is 11.9 Å². The first-order valence-corrected chi connectivity index (χ1v) is 7.75. The van der Waals surface area contributed by atoms with Gasteiger partial charge in [-0.3, -0.25) is 4.79 Å². The van der Waals surface area contributed by atoms with Gasteiger partial charge in [0.2, 0.25) is 0 Å². The molecule has 1 fully saturated rings. The summed E-state index contributed by atoms with van der Waals surface area (Å²) in [6.07, 6.45) is 7.73. The van der Waals surface area contributed by atoms with Gasteiger partial charge in [0, 0.05) is 17.3 Å². The SMILES string of the molecule is Cc1c(N)cccc1C(=O)N[C@@H](C)C1CCCCCC1. The molecule has 3 heteroatoms. The maximum absolute atomic E-state index is 12.4. The van der Waals surface area contributed by atoms with Crippen molar-refractivity contribution in [3.05, 3.63) is 29.3 Å². The van der Waals surface area contributed by atoms with Gasteiger partial charge in [-0.2, -0.15) is 0 Å². The lowest BCUT2D eigenvalue weighted by atomic mass is 9.92. The Hall–Kier alpha value is -1.51. The third-order valence-electron chi connectivity index (χ3n) is 4.59. The number of rotatable bonds is 3. The molecule has 0 radical (unpaired) electrons. The fourth-order valence-electron chi connectivity index (χ4n) is 3.11. The third kappa shape index (κ3) is 3.53. The lowest BCUT2D eigenvalue weighted by Gasteiger charge is -2.24. The molecule has 0 aromatic heterocycles. The van der Waals surface area contributed by atoms with Gasteiger partial charge in [-0.25, -0.2) is 0 Å². The van der Waals surface area contributed by atoms with Crippen LogP contribution in [-0.2, 0) is 0 Å². The third-order valence-corrected chi connectivity index (χ3v) is 4.59. The van der Waals surface area contributed by atoms with E-state index >= 15 is 0 Å². The van der Waals surface area contributed by atoms with E-state index in [0.717, 1.165) is 5.56 Å². The molecule has 1 aromatic carbocycles. The van der Waals surface area contributed by atoms with Crippen LogP contribution in [0, 0.1) is 12.8 Å². The Morgan fingerprint density at radius 2 is 1.90 bits per heavy atom. The van der Waals surface area contributed by atoms with Crippen molar-refractivity contribution >= 4 is 11.6 Å². The van der Waals surface area contributed by atoms with Crippen LogP contribution in [0.1, 0.15) is 61.4 Å². The van der Waals surface area contributed by atoms with E-state index in [1.165, 1.54) is 38.5 Å². The molecule has 3 nitrogen and oxygen atoms in total. The Labute approximate surface area is 121 Å². The van der Waals surface area contributed by atoms with Crippen LogP contribution >= 0.6 is 0 Å². The van der Waals surface area contributed by atoms with Crippen molar-refractivity contribution < 1.29 is 4.79 Å². The van der Waals surface area contributed by atoms with Crippen molar-refractivity contribution in [1.29, 1.82) is 0 Å². The van der Waals surface area contributed by atoms with Gasteiger partial charge in [0.25, 0.3) is 5.91 Å². The molecule has 1 saturated carbocycles. The topological polar surface area (TPSA) is 55.1 Å². The van der Waals surface area contributed by atoms with Crippen LogP contribution < -0.4 is 11.1 Å². The summed E-state index contributed by atoms with van der Waals surface area (Å²) in [5.74, 6) is 0.620. The highest BCUT2D eigenvalue weighted by Crippen LogP contribution is 2.26. The summed E-state index contributed by atoms with van der Waals surface area (Å²) in [6, 6.07) is 5.76. The first kappa shape index (κ1) is 14.9. The van der Waals surface area contributed by atoms with Gasteiger partial charge in [-0.05, 0) is 50.3 Å². The Morgan fingerprint density at radius 1 is 1.25 bits per heavy atom. The molecule has 2 rings (SSSR count). The lowest BCUT2D eigenvalue weighted by Crippen LogP contribution is -2.38. The largest absolute Gasteiger partial charge is 0.398 e.